The highest BCUT2D eigenvalue weighted by molar-refractivity contribution is 6.30. The van der Waals surface area contributed by atoms with Crippen molar-refractivity contribution >= 4 is 17.5 Å². The molecule has 0 aliphatic rings. The fourth-order valence-electron chi connectivity index (χ4n) is 1.41. The SMILES string of the molecule is Cc1c(C(N)=O)nnn1-c1cccc(Cl)c1. The predicted octanol–water partition coefficient (Wildman–Crippen LogP) is 1.33. The van der Waals surface area contributed by atoms with Gasteiger partial charge in [0.2, 0.25) is 0 Å². The van der Waals surface area contributed by atoms with Gasteiger partial charge in [-0.25, -0.2) is 4.68 Å². The highest BCUT2D eigenvalue weighted by atomic mass is 35.5. The van der Waals surface area contributed by atoms with Gasteiger partial charge in [0.15, 0.2) is 5.69 Å². The summed E-state index contributed by atoms with van der Waals surface area (Å²) in [7, 11) is 0. The van der Waals surface area contributed by atoms with Crippen LogP contribution in [0.4, 0.5) is 0 Å². The molecule has 0 radical (unpaired) electrons. The van der Waals surface area contributed by atoms with Crippen LogP contribution >= 0.6 is 11.6 Å². The number of nitrogens with two attached hydrogens (primary N) is 1. The predicted molar refractivity (Wildman–Crippen MR) is 59.6 cm³/mol. The molecule has 0 aliphatic heterocycles. The number of aromatic nitrogens is 3. The fourth-order valence-corrected chi connectivity index (χ4v) is 1.59. The van der Waals surface area contributed by atoms with Gasteiger partial charge in [-0.1, -0.05) is 22.9 Å². The molecule has 5 nitrogen and oxygen atoms in total. The quantitative estimate of drug-likeness (QED) is 0.855. The summed E-state index contributed by atoms with van der Waals surface area (Å²) in [4.78, 5) is 11.0. The summed E-state index contributed by atoms with van der Waals surface area (Å²) in [6.45, 7) is 1.72. The second-order valence-corrected chi connectivity index (χ2v) is 3.72. The van der Waals surface area contributed by atoms with Crippen LogP contribution in [0.2, 0.25) is 5.02 Å². The maximum atomic E-state index is 11.0. The van der Waals surface area contributed by atoms with E-state index < -0.39 is 5.91 Å². The Morgan fingerprint density at radius 2 is 2.25 bits per heavy atom. The summed E-state index contributed by atoms with van der Waals surface area (Å²) in [6, 6.07) is 7.10. The number of halogens is 1. The minimum atomic E-state index is -0.592. The zero-order chi connectivity index (χ0) is 11.7. The Balaban J connectivity index is 2.53. The summed E-state index contributed by atoms with van der Waals surface area (Å²) >= 11 is 5.86. The van der Waals surface area contributed by atoms with Gasteiger partial charge >= 0.3 is 0 Å². The molecule has 16 heavy (non-hydrogen) atoms. The van der Waals surface area contributed by atoms with Crippen LogP contribution in [0.5, 0.6) is 0 Å². The first kappa shape index (κ1) is 10.6. The van der Waals surface area contributed by atoms with E-state index in [9.17, 15) is 4.79 Å². The molecular formula is C10H9ClN4O. The number of nitrogens with zero attached hydrogens (tertiary/aromatic N) is 3. The standard InChI is InChI=1S/C10H9ClN4O/c1-6-9(10(12)16)13-14-15(6)8-4-2-3-7(11)5-8/h2-5H,1H3,(H2,12,16). The van der Waals surface area contributed by atoms with E-state index in [4.69, 9.17) is 17.3 Å². The van der Waals surface area contributed by atoms with Crippen LogP contribution in [0.25, 0.3) is 5.69 Å². The van der Waals surface area contributed by atoms with Crippen LogP contribution in [-0.2, 0) is 0 Å². The molecule has 2 N–H and O–H groups in total. The van der Waals surface area contributed by atoms with E-state index in [2.05, 4.69) is 10.3 Å². The molecule has 0 spiro atoms. The van der Waals surface area contributed by atoms with Gasteiger partial charge in [0, 0.05) is 5.02 Å². The maximum Gasteiger partial charge on any atom is 0.271 e. The number of carbonyl (C=O) groups excluding carboxylic acids is 1. The van der Waals surface area contributed by atoms with Gasteiger partial charge in [-0.15, -0.1) is 5.10 Å². The molecule has 2 aromatic rings. The lowest BCUT2D eigenvalue weighted by Crippen LogP contribution is -2.13. The van der Waals surface area contributed by atoms with Crippen LogP contribution in [0.1, 0.15) is 16.2 Å². The summed E-state index contributed by atoms with van der Waals surface area (Å²) in [6.07, 6.45) is 0. The molecule has 2 rings (SSSR count). The average molecular weight is 237 g/mol. The Labute approximate surface area is 96.8 Å². The molecule has 82 valence electrons. The zero-order valence-corrected chi connectivity index (χ0v) is 9.27. The largest absolute Gasteiger partial charge is 0.364 e. The highest BCUT2D eigenvalue weighted by Crippen LogP contribution is 2.16. The van der Waals surface area contributed by atoms with Gasteiger partial charge in [0.05, 0.1) is 11.4 Å². The number of rotatable bonds is 2. The first-order valence-electron chi connectivity index (χ1n) is 4.57. The molecule has 1 heterocycles. The van der Waals surface area contributed by atoms with Gasteiger partial charge in [-0.05, 0) is 25.1 Å². The summed E-state index contributed by atoms with van der Waals surface area (Å²) < 4.78 is 1.52. The van der Waals surface area contributed by atoms with E-state index in [0.29, 0.717) is 10.7 Å². The van der Waals surface area contributed by atoms with Gasteiger partial charge < -0.3 is 5.73 Å². The molecule has 0 bridgehead atoms. The number of carbonyl (C=O) groups is 1. The maximum absolute atomic E-state index is 11.0. The van der Waals surface area contributed by atoms with Gasteiger partial charge in [0.25, 0.3) is 5.91 Å². The lowest BCUT2D eigenvalue weighted by molar-refractivity contribution is 0.0995. The van der Waals surface area contributed by atoms with Crippen molar-refractivity contribution in [3.63, 3.8) is 0 Å². The number of hydrogen-bond donors (Lipinski definition) is 1. The second kappa shape index (κ2) is 3.94. The molecule has 0 fully saturated rings. The highest BCUT2D eigenvalue weighted by Gasteiger charge is 2.14. The molecule has 1 aromatic carbocycles. The molecule has 0 unspecified atom stereocenters. The smallest absolute Gasteiger partial charge is 0.271 e. The van der Waals surface area contributed by atoms with Crippen molar-refractivity contribution in [2.24, 2.45) is 5.73 Å². The second-order valence-electron chi connectivity index (χ2n) is 3.28. The third kappa shape index (κ3) is 1.77. The molecule has 1 amide bonds. The van der Waals surface area contributed by atoms with Crippen molar-refractivity contribution in [1.82, 2.24) is 15.0 Å². The summed E-state index contributed by atoms with van der Waals surface area (Å²) in [5, 5.41) is 8.16. The Hall–Kier alpha value is -1.88. The normalized spacial score (nSPS) is 10.4. The molecule has 0 saturated carbocycles. The molecule has 6 heteroatoms. The molecule has 0 saturated heterocycles. The van der Waals surface area contributed by atoms with Crippen molar-refractivity contribution in [2.75, 3.05) is 0 Å². The minimum absolute atomic E-state index is 0.167. The van der Waals surface area contributed by atoms with Crippen LogP contribution in [-0.4, -0.2) is 20.9 Å². The van der Waals surface area contributed by atoms with Gasteiger partial charge in [-0.3, -0.25) is 4.79 Å². The van der Waals surface area contributed by atoms with Gasteiger partial charge in [0.1, 0.15) is 0 Å². The van der Waals surface area contributed by atoms with Crippen molar-refractivity contribution in [2.45, 2.75) is 6.92 Å². The third-order valence-corrected chi connectivity index (χ3v) is 2.42. The Morgan fingerprint density at radius 1 is 1.50 bits per heavy atom. The summed E-state index contributed by atoms with van der Waals surface area (Å²) in [5.74, 6) is -0.592. The van der Waals surface area contributed by atoms with Gasteiger partial charge in [-0.2, -0.15) is 0 Å². The first-order valence-corrected chi connectivity index (χ1v) is 4.95. The van der Waals surface area contributed by atoms with Crippen LogP contribution < -0.4 is 5.73 Å². The minimum Gasteiger partial charge on any atom is -0.364 e. The number of hydrogen-bond acceptors (Lipinski definition) is 3. The third-order valence-electron chi connectivity index (χ3n) is 2.18. The number of primary amides is 1. The van der Waals surface area contributed by atoms with Crippen molar-refractivity contribution < 1.29 is 4.79 Å². The van der Waals surface area contributed by atoms with E-state index in [1.807, 2.05) is 6.07 Å². The molecule has 0 atom stereocenters. The lowest BCUT2D eigenvalue weighted by Gasteiger charge is -2.02. The van der Waals surface area contributed by atoms with E-state index in [1.165, 1.54) is 4.68 Å². The average Bonchev–Trinajstić information content (AvgIpc) is 2.60. The van der Waals surface area contributed by atoms with E-state index in [-0.39, 0.29) is 5.69 Å². The zero-order valence-electron chi connectivity index (χ0n) is 8.51. The van der Waals surface area contributed by atoms with Crippen LogP contribution in [0.15, 0.2) is 24.3 Å². The fraction of sp³-hybridized carbons (Fsp3) is 0.100. The number of amides is 1. The molecular weight excluding hydrogens is 228 g/mol. The molecule has 1 aromatic heterocycles. The lowest BCUT2D eigenvalue weighted by atomic mass is 10.3. The van der Waals surface area contributed by atoms with Crippen molar-refractivity contribution in [3.8, 4) is 5.69 Å². The first-order chi connectivity index (χ1) is 7.59. The Morgan fingerprint density at radius 3 is 2.81 bits per heavy atom. The molecule has 0 aliphatic carbocycles. The Kier molecular flexibility index (Phi) is 2.62. The van der Waals surface area contributed by atoms with E-state index >= 15 is 0 Å². The topological polar surface area (TPSA) is 73.8 Å². The van der Waals surface area contributed by atoms with Crippen molar-refractivity contribution in [3.05, 3.63) is 40.7 Å². The van der Waals surface area contributed by atoms with Crippen LogP contribution in [0, 0.1) is 6.92 Å². The van der Waals surface area contributed by atoms with Crippen molar-refractivity contribution in [1.29, 1.82) is 0 Å². The monoisotopic (exact) mass is 236 g/mol. The van der Waals surface area contributed by atoms with E-state index in [0.717, 1.165) is 5.69 Å². The summed E-state index contributed by atoms with van der Waals surface area (Å²) in [5.41, 5.74) is 6.65. The Bertz CT molecular complexity index is 550. The van der Waals surface area contributed by atoms with E-state index in [1.54, 1.807) is 25.1 Å². The number of benzene rings is 1. The van der Waals surface area contributed by atoms with Crippen LogP contribution in [0.3, 0.4) is 0 Å².